The third-order valence-electron chi connectivity index (χ3n) is 3.88. The summed E-state index contributed by atoms with van der Waals surface area (Å²) in [7, 11) is 0. The Kier molecular flexibility index (Phi) is 4.87. The second kappa shape index (κ2) is 6.88. The predicted octanol–water partition coefficient (Wildman–Crippen LogP) is 3.22. The predicted molar refractivity (Wildman–Crippen MR) is 95.9 cm³/mol. The van der Waals surface area contributed by atoms with Gasteiger partial charge in [-0.15, -0.1) is 10.2 Å². The molecule has 1 atom stereocenters. The molecule has 5 nitrogen and oxygen atoms in total. The van der Waals surface area contributed by atoms with Crippen molar-refractivity contribution in [2.75, 3.05) is 17.2 Å². The van der Waals surface area contributed by atoms with E-state index in [9.17, 15) is 4.79 Å². The number of aromatic nitrogens is 2. The van der Waals surface area contributed by atoms with Crippen LogP contribution in [0.15, 0.2) is 28.6 Å². The van der Waals surface area contributed by atoms with Gasteiger partial charge in [-0.1, -0.05) is 55.1 Å². The minimum Gasteiger partial charge on any atom is -0.374 e. The number of aryl methyl sites for hydroxylation is 1. The average molecular weight is 348 g/mol. The normalized spacial score (nSPS) is 15.5. The molecule has 0 bridgehead atoms. The summed E-state index contributed by atoms with van der Waals surface area (Å²) in [5.74, 6) is 0.345. The number of para-hydroxylation sites is 1. The van der Waals surface area contributed by atoms with Gasteiger partial charge >= 0.3 is 0 Å². The summed E-state index contributed by atoms with van der Waals surface area (Å²) in [6.07, 6.45) is 2.04. The first-order chi connectivity index (χ1) is 11.1. The van der Waals surface area contributed by atoms with Crippen LogP contribution in [-0.2, 0) is 11.2 Å². The SMILES string of the molecule is CC(C)[C@H](Sc1nnc(N)s1)C(=O)N1CCCc2ccccc21. The number of amides is 1. The van der Waals surface area contributed by atoms with Gasteiger partial charge in [0.1, 0.15) is 0 Å². The molecule has 2 heterocycles. The van der Waals surface area contributed by atoms with Gasteiger partial charge in [0, 0.05) is 12.2 Å². The number of hydrogen-bond donors (Lipinski definition) is 1. The van der Waals surface area contributed by atoms with E-state index in [2.05, 4.69) is 30.1 Å². The molecule has 7 heteroatoms. The Morgan fingerprint density at radius 1 is 1.35 bits per heavy atom. The van der Waals surface area contributed by atoms with E-state index >= 15 is 0 Å². The number of nitrogens with two attached hydrogens (primary N) is 1. The highest BCUT2D eigenvalue weighted by Gasteiger charge is 2.32. The molecule has 0 fully saturated rings. The largest absolute Gasteiger partial charge is 0.374 e. The van der Waals surface area contributed by atoms with Crippen molar-refractivity contribution in [2.45, 2.75) is 36.3 Å². The smallest absolute Gasteiger partial charge is 0.240 e. The Hall–Kier alpha value is -1.60. The molecule has 1 aromatic heterocycles. The van der Waals surface area contributed by atoms with E-state index in [0.29, 0.717) is 5.13 Å². The van der Waals surface area contributed by atoms with Gasteiger partial charge in [-0.05, 0) is 30.4 Å². The first-order valence-electron chi connectivity index (χ1n) is 7.71. The van der Waals surface area contributed by atoms with Crippen LogP contribution in [0.1, 0.15) is 25.8 Å². The number of carbonyl (C=O) groups is 1. The van der Waals surface area contributed by atoms with Crippen molar-refractivity contribution >= 4 is 39.8 Å². The number of carbonyl (C=O) groups excluding carboxylic acids is 1. The monoisotopic (exact) mass is 348 g/mol. The molecule has 23 heavy (non-hydrogen) atoms. The van der Waals surface area contributed by atoms with Gasteiger partial charge in [0.15, 0.2) is 4.34 Å². The van der Waals surface area contributed by atoms with E-state index < -0.39 is 0 Å². The fourth-order valence-electron chi connectivity index (χ4n) is 2.76. The zero-order chi connectivity index (χ0) is 16.4. The summed E-state index contributed by atoms with van der Waals surface area (Å²) in [6, 6.07) is 8.17. The Bertz CT molecular complexity index is 701. The molecule has 0 radical (unpaired) electrons. The van der Waals surface area contributed by atoms with Crippen molar-refractivity contribution in [3.8, 4) is 0 Å². The van der Waals surface area contributed by atoms with E-state index in [4.69, 9.17) is 5.73 Å². The number of thioether (sulfide) groups is 1. The minimum atomic E-state index is -0.187. The van der Waals surface area contributed by atoms with Crippen molar-refractivity contribution < 1.29 is 4.79 Å². The molecule has 1 amide bonds. The van der Waals surface area contributed by atoms with Crippen molar-refractivity contribution in [1.29, 1.82) is 0 Å². The maximum absolute atomic E-state index is 13.1. The lowest BCUT2D eigenvalue weighted by atomic mass is 10.0. The first-order valence-corrected chi connectivity index (χ1v) is 9.41. The average Bonchev–Trinajstić information content (AvgIpc) is 2.96. The van der Waals surface area contributed by atoms with Crippen LogP contribution < -0.4 is 10.6 Å². The minimum absolute atomic E-state index is 0.144. The van der Waals surface area contributed by atoms with Crippen LogP contribution in [-0.4, -0.2) is 27.9 Å². The van der Waals surface area contributed by atoms with E-state index in [0.717, 1.165) is 29.4 Å². The maximum Gasteiger partial charge on any atom is 0.240 e. The number of fused-ring (bicyclic) bond motifs is 1. The number of rotatable bonds is 4. The quantitative estimate of drug-likeness (QED) is 0.859. The maximum atomic E-state index is 13.1. The molecule has 0 saturated heterocycles. The van der Waals surface area contributed by atoms with E-state index in [-0.39, 0.29) is 17.1 Å². The molecule has 0 spiro atoms. The number of benzene rings is 1. The van der Waals surface area contributed by atoms with Crippen LogP contribution >= 0.6 is 23.1 Å². The number of anilines is 2. The highest BCUT2D eigenvalue weighted by atomic mass is 32.2. The summed E-state index contributed by atoms with van der Waals surface area (Å²) in [5, 5.41) is 8.13. The fraction of sp³-hybridized carbons (Fsp3) is 0.438. The van der Waals surface area contributed by atoms with Crippen LogP contribution in [0.3, 0.4) is 0 Å². The topological polar surface area (TPSA) is 72.1 Å². The Balaban J connectivity index is 1.84. The molecule has 122 valence electrons. The summed E-state index contributed by atoms with van der Waals surface area (Å²) >= 11 is 2.80. The lowest BCUT2D eigenvalue weighted by Gasteiger charge is -2.33. The standard InChI is InChI=1S/C16H20N4OS2/c1-10(2)13(22-16-19-18-15(17)23-16)14(21)20-9-5-7-11-6-3-4-8-12(11)20/h3-4,6,8,10,13H,5,7,9H2,1-2H3,(H2,17,18)/t13-/m0/s1. The Morgan fingerprint density at radius 2 is 2.13 bits per heavy atom. The molecule has 2 aromatic rings. The molecule has 1 aliphatic heterocycles. The summed E-state index contributed by atoms with van der Waals surface area (Å²) in [6.45, 7) is 4.91. The zero-order valence-electron chi connectivity index (χ0n) is 13.2. The van der Waals surface area contributed by atoms with Crippen molar-refractivity contribution in [1.82, 2.24) is 10.2 Å². The molecule has 1 aromatic carbocycles. The second-order valence-corrected chi connectivity index (χ2v) is 8.31. The van der Waals surface area contributed by atoms with Gasteiger partial charge in [-0.25, -0.2) is 0 Å². The van der Waals surface area contributed by atoms with Crippen LogP contribution in [0.4, 0.5) is 10.8 Å². The second-order valence-electron chi connectivity index (χ2n) is 5.91. The number of nitrogen functional groups attached to an aromatic ring is 1. The highest BCUT2D eigenvalue weighted by molar-refractivity contribution is 8.02. The van der Waals surface area contributed by atoms with Crippen LogP contribution in [0.25, 0.3) is 0 Å². The Labute approximate surface area is 144 Å². The molecule has 3 rings (SSSR count). The number of nitrogens with zero attached hydrogens (tertiary/aromatic N) is 3. The fourth-order valence-corrected chi connectivity index (χ4v) is 4.67. The number of hydrogen-bond acceptors (Lipinski definition) is 6. The van der Waals surface area contributed by atoms with Gasteiger partial charge in [-0.3, -0.25) is 4.79 Å². The summed E-state index contributed by atoms with van der Waals surface area (Å²) in [5.41, 5.74) is 7.95. The van der Waals surface area contributed by atoms with Crippen molar-refractivity contribution in [3.05, 3.63) is 29.8 Å². The molecule has 2 N–H and O–H groups in total. The molecular weight excluding hydrogens is 328 g/mol. The highest BCUT2D eigenvalue weighted by Crippen LogP contribution is 2.35. The van der Waals surface area contributed by atoms with Gasteiger partial charge in [0.25, 0.3) is 0 Å². The molecule has 1 aliphatic rings. The van der Waals surface area contributed by atoms with Gasteiger partial charge < -0.3 is 10.6 Å². The third-order valence-corrected chi connectivity index (χ3v) is 6.24. The van der Waals surface area contributed by atoms with Crippen LogP contribution in [0.5, 0.6) is 0 Å². The molecule has 0 aliphatic carbocycles. The van der Waals surface area contributed by atoms with Gasteiger partial charge in [0.05, 0.1) is 5.25 Å². The summed E-state index contributed by atoms with van der Waals surface area (Å²) in [4.78, 5) is 15.1. The van der Waals surface area contributed by atoms with Crippen molar-refractivity contribution in [3.63, 3.8) is 0 Å². The van der Waals surface area contributed by atoms with E-state index in [1.54, 1.807) is 0 Å². The lowest BCUT2D eigenvalue weighted by molar-refractivity contribution is -0.118. The molecule has 0 unspecified atom stereocenters. The van der Waals surface area contributed by atoms with Gasteiger partial charge in [0.2, 0.25) is 11.0 Å². The molecular formula is C16H20N4OS2. The lowest BCUT2D eigenvalue weighted by Crippen LogP contribution is -2.42. The van der Waals surface area contributed by atoms with E-state index in [1.165, 1.54) is 28.7 Å². The van der Waals surface area contributed by atoms with Crippen molar-refractivity contribution in [2.24, 2.45) is 5.92 Å². The van der Waals surface area contributed by atoms with Gasteiger partial charge in [-0.2, -0.15) is 0 Å². The van der Waals surface area contributed by atoms with Crippen LogP contribution in [0.2, 0.25) is 0 Å². The first kappa shape index (κ1) is 16.3. The van der Waals surface area contributed by atoms with E-state index in [1.807, 2.05) is 23.1 Å². The molecule has 0 saturated carbocycles. The van der Waals surface area contributed by atoms with Crippen LogP contribution in [0, 0.1) is 5.92 Å². The summed E-state index contributed by atoms with van der Waals surface area (Å²) < 4.78 is 0.750. The Morgan fingerprint density at radius 3 is 2.83 bits per heavy atom. The zero-order valence-corrected chi connectivity index (χ0v) is 14.9. The third kappa shape index (κ3) is 3.50.